The molecule has 0 saturated carbocycles. The second-order valence-corrected chi connectivity index (χ2v) is 13.4. The molecule has 1 aromatic carbocycles. The van der Waals surface area contributed by atoms with Crippen molar-refractivity contribution in [3.05, 3.63) is 46.8 Å². The van der Waals surface area contributed by atoms with Crippen LogP contribution in [0.5, 0.6) is 11.9 Å². The summed E-state index contributed by atoms with van der Waals surface area (Å²) in [5, 5.41) is 3.57. The Kier molecular flexibility index (Phi) is 8.74. The van der Waals surface area contributed by atoms with Gasteiger partial charge in [-0.05, 0) is 45.3 Å². The summed E-state index contributed by atoms with van der Waals surface area (Å²) in [5.41, 5.74) is -0.944. The van der Waals surface area contributed by atoms with Crippen LogP contribution >= 0.6 is 0 Å². The van der Waals surface area contributed by atoms with Gasteiger partial charge in [-0.25, -0.2) is 21.6 Å². The number of hydrogen-bond acceptors (Lipinski definition) is 10. The van der Waals surface area contributed by atoms with E-state index in [1.165, 1.54) is 26.4 Å². The number of ether oxygens (including phenoxy) is 3. The van der Waals surface area contributed by atoms with Crippen LogP contribution in [0.25, 0.3) is 11.0 Å². The van der Waals surface area contributed by atoms with Crippen LogP contribution in [0.1, 0.15) is 55.8 Å². The number of pyridine rings is 1. The molecule has 0 amide bonds. The Bertz CT molecular complexity index is 1580. The molecule has 234 valence electrons. The fraction of sp³-hybridized carbons (Fsp3) is 0.552. The third-order valence-corrected chi connectivity index (χ3v) is 9.90. The molecular formula is C29H36F3N5O5S. The number of benzene rings is 1. The molecule has 4 heterocycles. The molecule has 2 fully saturated rings. The van der Waals surface area contributed by atoms with E-state index in [0.717, 1.165) is 25.6 Å². The molecule has 2 aliphatic rings. The van der Waals surface area contributed by atoms with Crippen LogP contribution in [-0.2, 0) is 26.1 Å². The Morgan fingerprint density at radius 3 is 2.47 bits per heavy atom. The van der Waals surface area contributed by atoms with Gasteiger partial charge in [0.05, 0.1) is 41.2 Å². The van der Waals surface area contributed by atoms with Crippen molar-refractivity contribution in [3.63, 3.8) is 0 Å². The fourth-order valence-corrected chi connectivity index (χ4v) is 6.99. The first-order valence-electron chi connectivity index (χ1n) is 14.2. The second kappa shape index (κ2) is 12.0. The van der Waals surface area contributed by atoms with Crippen molar-refractivity contribution in [1.29, 1.82) is 0 Å². The van der Waals surface area contributed by atoms with Crippen molar-refractivity contribution in [2.45, 2.75) is 50.7 Å². The minimum Gasteiger partial charge on any atom is -0.481 e. The lowest BCUT2D eigenvalue weighted by molar-refractivity contribution is -0.0251. The van der Waals surface area contributed by atoms with Gasteiger partial charge >= 0.3 is 6.01 Å². The first kappa shape index (κ1) is 31.2. The smallest absolute Gasteiger partial charge is 0.320 e. The molecule has 1 atom stereocenters. The molecule has 0 radical (unpaired) electrons. The third-order valence-electron chi connectivity index (χ3n) is 8.25. The summed E-state index contributed by atoms with van der Waals surface area (Å²) in [6, 6.07) is 4.85. The highest BCUT2D eigenvalue weighted by atomic mass is 32.2. The lowest BCUT2D eigenvalue weighted by Gasteiger charge is -2.36. The number of anilines is 1. The van der Waals surface area contributed by atoms with Crippen molar-refractivity contribution in [2.75, 3.05) is 57.3 Å². The molecule has 2 aromatic heterocycles. The lowest BCUT2D eigenvalue weighted by atomic mass is 9.87. The van der Waals surface area contributed by atoms with Crippen molar-refractivity contribution in [3.8, 4) is 11.9 Å². The SMILES string of the molecule is COc1nc2nc(OCCN3CCC3)nc(N[C@H](C)c3cccc(C(C)(F)F)c3F)c2cc1C1(OC)CCS(=O)(=O)CC1. The lowest BCUT2D eigenvalue weighted by Crippen LogP contribution is -2.39. The van der Waals surface area contributed by atoms with Gasteiger partial charge < -0.3 is 19.5 Å². The molecule has 0 unspecified atom stereocenters. The van der Waals surface area contributed by atoms with Crippen LogP contribution in [0.2, 0.25) is 0 Å². The fourth-order valence-electron chi connectivity index (χ4n) is 5.50. The van der Waals surface area contributed by atoms with Crippen molar-refractivity contribution in [1.82, 2.24) is 19.9 Å². The summed E-state index contributed by atoms with van der Waals surface area (Å²) >= 11 is 0. The minimum atomic E-state index is -3.36. The van der Waals surface area contributed by atoms with Crippen LogP contribution in [0, 0.1) is 5.82 Å². The average molecular weight is 624 g/mol. The van der Waals surface area contributed by atoms with E-state index < -0.39 is 38.8 Å². The maximum Gasteiger partial charge on any atom is 0.320 e. The molecule has 2 aliphatic heterocycles. The van der Waals surface area contributed by atoms with Crippen LogP contribution in [0.3, 0.4) is 0 Å². The van der Waals surface area contributed by atoms with Gasteiger partial charge in [0.1, 0.15) is 18.2 Å². The van der Waals surface area contributed by atoms with E-state index in [-0.39, 0.29) is 53.3 Å². The van der Waals surface area contributed by atoms with E-state index in [2.05, 4.69) is 25.2 Å². The summed E-state index contributed by atoms with van der Waals surface area (Å²) in [4.78, 5) is 15.9. The van der Waals surface area contributed by atoms with Crippen LogP contribution in [-0.4, -0.2) is 80.2 Å². The highest BCUT2D eigenvalue weighted by Crippen LogP contribution is 2.43. The van der Waals surface area contributed by atoms with Crippen LogP contribution in [0.15, 0.2) is 24.3 Å². The third kappa shape index (κ3) is 6.50. The number of likely N-dealkylation sites (tertiary alicyclic amines) is 1. The normalized spacial score (nSPS) is 19.0. The van der Waals surface area contributed by atoms with E-state index >= 15 is 4.39 Å². The first-order chi connectivity index (χ1) is 20.4. The van der Waals surface area contributed by atoms with Gasteiger partial charge in [0.15, 0.2) is 15.5 Å². The van der Waals surface area contributed by atoms with Gasteiger partial charge in [-0.3, -0.25) is 4.90 Å². The van der Waals surface area contributed by atoms with Gasteiger partial charge in [-0.2, -0.15) is 15.0 Å². The number of halogens is 3. The molecule has 0 bridgehead atoms. The zero-order chi connectivity index (χ0) is 31.0. The zero-order valence-electron chi connectivity index (χ0n) is 24.6. The predicted molar refractivity (Wildman–Crippen MR) is 155 cm³/mol. The quantitative estimate of drug-likeness (QED) is 0.325. The molecule has 14 heteroatoms. The Labute approximate surface area is 248 Å². The Balaban J connectivity index is 1.58. The summed E-state index contributed by atoms with van der Waals surface area (Å²) in [6.07, 6.45) is 1.52. The summed E-state index contributed by atoms with van der Waals surface area (Å²) < 4.78 is 85.4. The van der Waals surface area contributed by atoms with E-state index in [9.17, 15) is 17.2 Å². The number of fused-ring (bicyclic) bond motifs is 1. The highest BCUT2D eigenvalue weighted by molar-refractivity contribution is 7.91. The molecule has 3 aromatic rings. The number of sulfone groups is 1. The predicted octanol–water partition coefficient (Wildman–Crippen LogP) is 4.59. The maximum atomic E-state index is 15.3. The zero-order valence-corrected chi connectivity index (χ0v) is 25.4. The molecule has 2 saturated heterocycles. The van der Waals surface area contributed by atoms with E-state index in [0.29, 0.717) is 31.0 Å². The number of alkyl halides is 2. The largest absolute Gasteiger partial charge is 0.481 e. The van der Waals surface area contributed by atoms with Crippen molar-refractivity contribution in [2.24, 2.45) is 0 Å². The van der Waals surface area contributed by atoms with Crippen molar-refractivity contribution < 1.29 is 35.8 Å². The number of nitrogens with zero attached hydrogens (tertiary/aromatic N) is 4. The highest BCUT2D eigenvalue weighted by Gasteiger charge is 2.42. The Morgan fingerprint density at radius 2 is 1.86 bits per heavy atom. The molecule has 0 aliphatic carbocycles. The number of aromatic nitrogens is 3. The van der Waals surface area contributed by atoms with Gasteiger partial charge in [0, 0.05) is 31.7 Å². The topological polar surface area (TPSA) is 116 Å². The monoisotopic (exact) mass is 623 g/mol. The number of nitrogens with one attached hydrogen (secondary N) is 1. The van der Waals surface area contributed by atoms with Gasteiger partial charge in [-0.1, -0.05) is 18.2 Å². The van der Waals surface area contributed by atoms with E-state index in [4.69, 9.17) is 14.2 Å². The second-order valence-electron chi connectivity index (χ2n) is 11.1. The standard InChI is InChI=1S/C29H36F3N5O5S/c1-18(19-7-5-8-21(23(19)30)28(2,31)32)33-24-20-17-22(29(41-4)9-15-43(38,39)16-10-29)26(40-3)34-25(20)36-27(35-24)42-14-13-37-11-6-12-37/h5,7-8,17-18H,6,9-16H2,1-4H3,(H,33,34,35,36)/t18-/m1/s1. The molecule has 1 N–H and O–H groups in total. The van der Waals surface area contributed by atoms with Gasteiger partial charge in [0.2, 0.25) is 5.88 Å². The Morgan fingerprint density at radius 1 is 1.14 bits per heavy atom. The van der Waals surface area contributed by atoms with Crippen LogP contribution < -0.4 is 14.8 Å². The van der Waals surface area contributed by atoms with Gasteiger partial charge in [-0.15, -0.1) is 0 Å². The van der Waals surface area contributed by atoms with E-state index in [1.807, 2.05) is 0 Å². The molecule has 10 nitrogen and oxygen atoms in total. The molecule has 5 rings (SSSR count). The van der Waals surface area contributed by atoms with Gasteiger partial charge in [0.25, 0.3) is 5.92 Å². The minimum absolute atomic E-state index is 0.0265. The van der Waals surface area contributed by atoms with Crippen molar-refractivity contribution >= 4 is 26.7 Å². The molecule has 43 heavy (non-hydrogen) atoms. The summed E-state index contributed by atoms with van der Waals surface area (Å²) in [5.74, 6) is -4.07. The number of rotatable bonds is 11. The summed E-state index contributed by atoms with van der Waals surface area (Å²) in [7, 11) is -0.254. The first-order valence-corrected chi connectivity index (χ1v) is 16.0. The number of hydrogen-bond donors (Lipinski definition) is 1. The molecular weight excluding hydrogens is 587 g/mol. The molecule has 0 spiro atoms. The number of methoxy groups -OCH3 is 2. The van der Waals surface area contributed by atoms with E-state index in [1.54, 1.807) is 13.0 Å². The van der Waals surface area contributed by atoms with Crippen LogP contribution in [0.4, 0.5) is 19.0 Å². The Hall–Kier alpha value is -3.23. The maximum absolute atomic E-state index is 15.3. The average Bonchev–Trinajstić information content (AvgIpc) is 2.93. The summed E-state index contributed by atoms with van der Waals surface area (Å²) in [6.45, 7) is 5.31.